The topological polar surface area (TPSA) is 211 Å². The average Bonchev–Trinajstić information content (AvgIpc) is 3.27. The van der Waals surface area contributed by atoms with Gasteiger partial charge in [0.1, 0.15) is 29.5 Å². The number of carbonyl (C=O) groups is 6. The third-order valence-corrected chi connectivity index (χ3v) is 12.2. The lowest BCUT2D eigenvalue weighted by Gasteiger charge is -2.47. The molecule has 5 amide bonds. The van der Waals surface area contributed by atoms with Gasteiger partial charge in [0, 0.05) is 30.4 Å². The SMILES string of the molecule is CC(C)(C)NC(=O)[C@@H]1C[C@@H]2CCCC[C@@H]2CN1C[C@@H](OC(=O)[C@H](Cc1ccccc1)NC(=O)OC(C)(C)C)[C@H](Cc1ccccc1)NC(=O)[C@H](CC(N)=O)NC(=O)c1ccc2ccccc2n1. The number of nitrogens with zero attached hydrogens (tertiary/aromatic N) is 2. The van der Waals surface area contributed by atoms with Gasteiger partial charge < -0.3 is 36.5 Å². The van der Waals surface area contributed by atoms with E-state index in [0.717, 1.165) is 42.2 Å². The number of nitrogens with one attached hydrogen (secondary N) is 4. The molecule has 0 spiro atoms. The minimum atomic E-state index is -1.45. The number of benzene rings is 3. The minimum absolute atomic E-state index is 0.0211. The van der Waals surface area contributed by atoms with E-state index in [-0.39, 0.29) is 31.0 Å². The predicted octanol–water partition coefficient (Wildman–Crippen LogP) is 5.78. The number of amides is 5. The van der Waals surface area contributed by atoms with Crippen LogP contribution in [0.25, 0.3) is 10.9 Å². The van der Waals surface area contributed by atoms with Crippen LogP contribution in [0.15, 0.2) is 97.1 Å². The lowest BCUT2D eigenvalue weighted by molar-refractivity contribution is -0.156. The number of carbonyl (C=O) groups excluding carboxylic acids is 6. The standard InChI is InChI=1S/C52H67N7O8/c1-51(2,3)58-48(63)43-29-36-22-13-14-23-37(36)31-59(43)32-44(66-49(64)42(28-34-19-11-8-12-20-34)57-50(65)67-52(4,5)6)40(27-33-17-9-7-10-18-33)55-47(62)41(30-45(53)60)56-46(61)39-26-25-35-21-15-16-24-38(35)54-39/h7-12,15-21,24-26,36-37,40-44H,13-14,22-23,27-32H2,1-6H3,(H2,53,60)(H,55,62)(H,56,61)(H,57,65)(H,58,63)/t36-,37+,40-,41-,42-,43-,44+/m0/s1. The molecule has 67 heavy (non-hydrogen) atoms. The molecule has 1 saturated carbocycles. The summed E-state index contributed by atoms with van der Waals surface area (Å²) in [5, 5.41) is 12.5. The molecular weight excluding hydrogens is 851 g/mol. The second-order valence-corrected chi connectivity index (χ2v) is 20.0. The van der Waals surface area contributed by atoms with E-state index in [1.807, 2.05) is 93.6 Å². The molecule has 2 aliphatic rings. The van der Waals surface area contributed by atoms with Gasteiger partial charge in [-0.15, -0.1) is 0 Å². The Morgan fingerprint density at radius 1 is 0.746 bits per heavy atom. The fourth-order valence-corrected chi connectivity index (χ4v) is 9.09. The number of hydrogen-bond donors (Lipinski definition) is 5. The minimum Gasteiger partial charge on any atom is -0.457 e. The maximum Gasteiger partial charge on any atom is 0.408 e. The number of rotatable bonds is 17. The molecule has 6 N–H and O–H groups in total. The smallest absolute Gasteiger partial charge is 0.408 e. The van der Waals surface area contributed by atoms with E-state index >= 15 is 0 Å². The molecular formula is C52H67N7O8. The summed E-state index contributed by atoms with van der Waals surface area (Å²) in [4.78, 5) is 90.0. The van der Waals surface area contributed by atoms with E-state index in [1.54, 1.807) is 39.0 Å². The van der Waals surface area contributed by atoms with Crippen LogP contribution in [-0.4, -0.2) is 100 Å². The molecule has 15 nitrogen and oxygen atoms in total. The second-order valence-electron chi connectivity index (χ2n) is 20.0. The maximum absolute atomic E-state index is 14.8. The van der Waals surface area contributed by atoms with Gasteiger partial charge in [0.15, 0.2) is 0 Å². The van der Waals surface area contributed by atoms with Crippen molar-refractivity contribution < 1.29 is 38.2 Å². The number of nitrogens with two attached hydrogens (primary N) is 1. The molecule has 0 unspecified atom stereocenters. The Hall–Kier alpha value is -6.35. The van der Waals surface area contributed by atoms with Gasteiger partial charge in [-0.25, -0.2) is 14.6 Å². The largest absolute Gasteiger partial charge is 0.457 e. The number of hydrogen-bond acceptors (Lipinski definition) is 10. The summed E-state index contributed by atoms with van der Waals surface area (Å²) >= 11 is 0. The summed E-state index contributed by atoms with van der Waals surface area (Å²) in [5.41, 5.74) is 6.43. The highest BCUT2D eigenvalue weighted by Crippen LogP contribution is 2.39. The summed E-state index contributed by atoms with van der Waals surface area (Å²) in [7, 11) is 0. The summed E-state index contributed by atoms with van der Waals surface area (Å²) in [6.45, 7) is 11.5. The third kappa shape index (κ3) is 15.1. The number of esters is 1. The van der Waals surface area contributed by atoms with Crippen molar-refractivity contribution in [1.82, 2.24) is 31.2 Å². The molecule has 3 aromatic carbocycles. The number of aromatic nitrogens is 1. The normalized spacial score (nSPS) is 19.3. The Balaban J connectivity index is 1.39. The molecule has 0 bridgehead atoms. The molecule has 2 fully saturated rings. The first kappa shape index (κ1) is 50.1. The molecule has 358 valence electrons. The van der Waals surface area contributed by atoms with Crippen LogP contribution < -0.4 is 27.0 Å². The molecule has 1 saturated heterocycles. The maximum atomic E-state index is 14.8. The van der Waals surface area contributed by atoms with Crippen molar-refractivity contribution in [2.75, 3.05) is 13.1 Å². The Labute approximate surface area is 393 Å². The number of para-hydroxylation sites is 1. The number of alkyl carbamates (subject to hydrolysis) is 1. The van der Waals surface area contributed by atoms with Crippen molar-refractivity contribution in [3.05, 3.63) is 114 Å². The zero-order chi connectivity index (χ0) is 48.3. The van der Waals surface area contributed by atoms with Gasteiger partial charge in [-0.05, 0) is 95.9 Å². The summed E-state index contributed by atoms with van der Waals surface area (Å²) in [6.07, 6.45) is 2.45. The van der Waals surface area contributed by atoms with Gasteiger partial charge in [-0.1, -0.05) is 104 Å². The first-order valence-electron chi connectivity index (χ1n) is 23.4. The van der Waals surface area contributed by atoms with Crippen molar-refractivity contribution >= 4 is 46.6 Å². The number of fused-ring (bicyclic) bond motifs is 2. The molecule has 2 heterocycles. The van der Waals surface area contributed by atoms with Crippen molar-refractivity contribution in [1.29, 1.82) is 0 Å². The lowest BCUT2D eigenvalue weighted by Crippen LogP contribution is -2.62. The van der Waals surface area contributed by atoms with Gasteiger partial charge in [-0.3, -0.25) is 24.1 Å². The fourth-order valence-electron chi connectivity index (χ4n) is 9.09. The molecule has 15 heteroatoms. The van der Waals surface area contributed by atoms with Crippen LogP contribution in [0.1, 0.15) is 102 Å². The average molecular weight is 918 g/mol. The van der Waals surface area contributed by atoms with Crippen LogP contribution in [0.5, 0.6) is 0 Å². The summed E-state index contributed by atoms with van der Waals surface area (Å²) in [5.74, 6) is -2.60. The van der Waals surface area contributed by atoms with Gasteiger partial charge in [0.2, 0.25) is 17.7 Å². The van der Waals surface area contributed by atoms with Crippen molar-refractivity contribution in [3.8, 4) is 0 Å². The third-order valence-electron chi connectivity index (χ3n) is 12.2. The van der Waals surface area contributed by atoms with Gasteiger partial charge in [0.05, 0.1) is 24.0 Å². The first-order chi connectivity index (χ1) is 31.8. The fraction of sp³-hybridized carbons (Fsp3) is 0.481. The first-order valence-corrected chi connectivity index (χ1v) is 23.4. The van der Waals surface area contributed by atoms with E-state index in [4.69, 9.17) is 15.2 Å². The lowest BCUT2D eigenvalue weighted by atomic mass is 9.72. The van der Waals surface area contributed by atoms with Crippen molar-refractivity contribution in [3.63, 3.8) is 0 Å². The second kappa shape index (κ2) is 22.4. The van der Waals surface area contributed by atoms with Crippen LogP contribution in [-0.2, 0) is 41.5 Å². The Bertz CT molecular complexity index is 2350. The Morgan fingerprint density at radius 2 is 1.37 bits per heavy atom. The number of piperidine rings is 1. The van der Waals surface area contributed by atoms with Crippen molar-refractivity contribution in [2.24, 2.45) is 17.6 Å². The van der Waals surface area contributed by atoms with Crippen molar-refractivity contribution in [2.45, 2.75) is 134 Å². The molecule has 6 rings (SSSR count). The highest BCUT2D eigenvalue weighted by atomic mass is 16.6. The summed E-state index contributed by atoms with van der Waals surface area (Å²) < 4.78 is 12.2. The highest BCUT2D eigenvalue weighted by molar-refractivity contribution is 5.99. The van der Waals surface area contributed by atoms with Gasteiger partial charge in [-0.2, -0.15) is 0 Å². The molecule has 1 aliphatic carbocycles. The zero-order valence-corrected chi connectivity index (χ0v) is 39.6. The number of ether oxygens (including phenoxy) is 2. The molecule has 4 aromatic rings. The highest BCUT2D eigenvalue weighted by Gasteiger charge is 2.44. The molecule has 7 atom stereocenters. The van der Waals surface area contributed by atoms with Crippen LogP contribution in [0.4, 0.5) is 4.79 Å². The van der Waals surface area contributed by atoms with Gasteiger partial charge in [0.25, 0.3) is 5.91 Å². The van der Waals surface area contributed by atoms with E-state index in [2.05, 4.69) is 31.2 Å². The quantitative estimate of drug-likeness (QED) is 0.0807. The zero-order valence-electron chi connectivity index (χ0n) is 39.6. The van der Waals surface area contributed by atoms with E-state index in [9.17, 15) is 28.8 Å². The van der Waals surface area contributed by atoms with Gasteiger partial charge >= 0.3 is 12.1 Å². The monoisotopic (exact) mass is 918 g/mol. The van der Waals surface area contributed by atoms with Crippen LogP contribution in [0.3, 0.4) is 0 Å². The number of primary amides is 1. The number of likely N-dealkylation sites (tertiary alicyclic amines) is 1. The van der Waals surface area contributed by atoms with E-state index in [0.29, 0.717) is 30.3 Å². The number of pyridine rings is 1. The Morgan fingerprint density at radius 3 is 2.01 bits per heavy atom. The predicted molar refractivity (Wildman–Crippen MR) is 255 cm³/mol. The summed E-state index contributed by atoms with van der Waals surface area (Å²) in [6, 6.07) is 24.8. The van der Waals surface area contributed by atoms with Crippen LogP contribution in [0.2, 0.25) is 0 Å². The van der Waals surface area contributed by atoms with E-state index in [1.165, 1.54) is 6.07 Å². The van der Waals surface area contributed by atoms with E-state index < -0.39 is 77.6 Å². The van der Waals surface area contributed by atoms with Crippen LogP contribution in [0, 0.1) is 11.8 Å². The molecule has 1 aromatic heterocycles. The molecule has 1 aliphatic heterocycles. The Kier molecular flexibility index (Phi) is 16.8. The molecule has 0 radical (unpaired) electrons. The van der Waals surface area contributed by atoms with Crippen LogP contribution >= 0.6 is 0 Å².